The van der Waals surface area contributed by atoms with Crippen molar-refractivity contribution in [1.29, 1.82) is 0 Å². The van der Waals surface area contributed by atoms with Crippen LogP contribution in [0.1, 0.15) is 16.5 Å². The number of aliphatic hydroxyl groups excluding tert-OH is 1. The summed E-state index contributed by atoms with van der Waals surface area (Å²) < 4.78 is 1.19. The van der Waals surface area contributed by atoms with Crippen molar-refractivity contribution in [3.05, 3.63) is 64.1 Å². The lowest BCUT2D eigenvalue weighted by Gasteiger charge is -2.13. The lowest BCUT2D eigenvalue weighted by Crippen LogP contribution is -2.07. The molecule has 0 amide bonds. The monoisotopic (exact) mass is 303 g/mol. The zero-order chi connectivity index (χ0) is 13.9. The van der Waals surface area contributed by atoms with Gasteiger partial charge in [-0.15, -0.1) is 11.3 Å². The summed E-state index contributed by atoms with van der Waals surface area (Å²) in [5, 5.41) is 11.4. The molecule has 0 spiro atoms. The fourth-order valence-corrected chi connectivity index (χ4v) is 3.51. The molecule has 0 aliphatic rings. The van der Waals surface area contributed by atoms with Gasteiger partial charge in [-0.3, -0.25) is 0 Å². The Balaban J connectivity index is 1.87. The number of thiazole rings is 1. The molecular formula is C16H14ClNOS. The fraction of sp³-hybridized carbons (Fsp3) is 0.188. The summed E-state index contributed by atoms with van der Waals surface area (Å²) >= 11 is 7.70. The minimum absolute atomic E-state index is 0.0364. The highest BCUT2D eigenvalue weighted by molar-refractivity contribution is 7.18. The number of halogens is 1. The van der Waals surface area contributed by atoms with E-state index in [1.165, 1.54) is 4.70 Å². The van der Waals surface area contributed by atoms with Gasteiger partial charge in [-0.2, -0.15) is 0 Å². The first-order chi connectivity index (χ1) is 9.76. The fourth-order valence-electron chi connectivity index (χ4n) is 2.27. The van der Waals surface area contributed by atoms with Crippen LogP contribution in [0.3, 0.4) is 0 Å². The number of fused-ring (bicyclic) bond motifs is 1. The summed E-state index contributed by atoms with van der Waals surface area (Å²) in [7, 11) is 0. The van der Waals surface area contributed by atoms with E-state index in [0.29, 0.717) is 5.02 Å². The van der Waals surface area contributed by atoms with Crippen molar-refractivity contribution >= 4 is 33.2 Å². The van der Waals surface area contributed by atoms with Gasteiger partial charge < -0.3 is 5.11 Å². The summed E-state index contributed by atoms with van der Waals surface area (Å²) in [5.74, 6) is 0.0364. The molecule has 3 rings (SSSR count). The van der Waals surface area contributed by atoms with Gasteiger partial charge in [0.15, 0.2) is 0 Å². The number of hydrogen-bond donors (Lipinski definition) is 1. The van der Waals surface area contributed by atoms with E-state index in [2.05, 4.69) is 11.1 Å². The number of hydrogen-bond acceptors (Lipinski definition) is 3. The van der Waals surface area contributed by atoms with E-state index in [0.717, 1.165) is 22.5 Å². The smallest absolute Gasteiger partial charge is 0.0945 e. The maximum atomic E-state index is 9.64. The molecule has 1 N–H and O–H groups in total. The number of para-hydroxylation sites is 1. The number of aliphatic hydroxyl groups is 1. The first-order valence-electron chi connectivity index (χ1n) is 6.47. The summed E-state index contributed by atoms with van der Waals surface area (Å²) in [5.41, 5.74) is 2.08. The van der Waals surface area contributed by atoms with Gasteiger partial charge in [-0.05, 0) is 29.8 Å². The number of rotatable bonds is 4. The highest BCUT2D eigenvalue weighted by Crippen LogP contribution is 2.28. The molecule has 0 aliphatic heterocycles. The third kappa shape index (κ3) is 2.85. The second kappa shape index (κ2) is 5.92. The topological polar surface area (TPSA) is 33.1 Å². The van der Waals surface area contributed by atoms with Crippen molar-refractivity contribution in [3.8, 4) is 0 Å². The molecule has 0 fully saturated rings. The molecule has 4 heteroatoms. The second-order valence-corrected chi connectivity index (χ2v) is 6.27. The molecule has 0 radical (unpaired) electrons. The van der Waals surface area contributed by atoms with Gasteiger partial charge in [-0.25, -0.2) is 4.98 Å². The molecule has 1 unspecified atom stereocenters. The summed E-state index contributed by atoms with van der Waals surface area (Å²) in [4.78, 5) is 4.62. The number of nitrogens with zero attached hydrogens (tertiary/aromatic N) is 1. The Morgan fingerprint density at radius 2 is 2.00 bits per heavy atom. The molecule has 1 atom stereocenters. The molecule has 2 nitrogen and oxygen atoms in total. The third-order valence-electron chi connectivity index (χ3n) is 3.30. The molecule has 2 aromatic carbocycles. The van der Waals surface area contributed by atoms with E-state index >= 15 is 0 Å². The molecular weight excluding hydrogens is 290 g/mol. The molecule has 0 bridgehead atoms. The molecule has 3 aromatic rings. The molecule has 0 saturated heterocycles. The highest BCUT2D eigenvalue weighted by atomic mass is 35.5. The Morgan fingerprint density at radius 1 is 1.15 bits per heavy atom. The average molecular weight is 304 g/mol. The Labute approximate surface area is 126 Å². The largest absolute Gasteiger partial charge is 0.396 e. The third-order valence-corrected chi connectivity index (χ3v) is 4.59. The van der Waals surface area contributed by atoms with Crippen molar-refractivity contribution in [3.63, 3.8) is 0 Å². The molecule has 1 aromatic heterocycles. The van der Waals surface area contributed by atoms with E-state index in [1.807, 2.05) is 42.5 Å². The Morgan fingerprint density at radius 3 is 2.75 bits per heavy atom. The van der Waals surface area contributed by atoms with E-state index in [4.69, 9.17) is 11.6 Å². The lowest BCUT2D eigenvalue weighted by molar-refractivity contribution is 0.264. The minimum Gasteiger partial charge on any atom is -0.396 e. The maximum absolute atomic E-state index is 9.64. The molecule has 20 heavy (non-hydrogen) atoms. The van der Waals surface area contributed by atoms with E-state index in [1.54, 1.807) is 11.3 Å². The number of benzene rings is 2. The SMILES string of the molecule is OCC(Cc1nc2ccccc2s1)c1cccc(Cl)c1. The van der Waals surface area contributed by atoms with Crippen LogP contribution in [-0.2, 0) is 6.42 Å². The summed E-state index contributed by atoms with van der Waals surface area (Å²) in [6, 6.07) is 15.8. The lowest BCUT2D eigenvalue weighted by atomic mass is 9.97. The molecule has 0 saturated carbocycles. The van der Waals surface area contributed by atoms with Gasteiger partial charge in [-0.1, -0.05) is 35.9 Å². The quantitative estimate of drug-likeness (QED) is 0.781. The van der Waals surface area contributed by atoms with Crippen LogP contribution in [0.5, 0.6) is 0 Å². The predicted molar refractivity (Wildman–Crippen MR) is 84.6 cm³/mol. The van der Waals surface area contributed by atoms with Gasteiger partial charge in [0, 0.05) is 17.4 Å². The van der Waals surface area contributed by atoms with Crippen molar-refractivity contribution < 1.29 is 5.11 Å². The van der Waals surface area contributed by atoms with Crippen LogP contribution in [-0.4, -0.2) is 16.7 Å². The van der Waals surface area contributed by atoms with Crippen LogP contribution in [0.25, 0.3) is 10.2 Å². The molecule has 102 valence electrons. The van der Waals surface area contributed by atoms with Crippen LogP contribution >= 0.6 is 22.9 Å². The minimum atomic E-state index is 0.0364. The summed E-state index contributed by atoms with van der Waals surface area (Å²) in [6.45, 7) is 0.0935. The first-order valence-corrected chi connectivity index (χ1v) is 7.66. The van der Waals surface area contributed by atoms with Gasteiger partial charge in [0.05, 0.1) is 21.8 Å². The maximum Gasteiger partial charge on any atom is 0.0945 e. The van der Waals surface area contributed by atoms with Crippen LogP contribution in [0.4, 0.5) is 0 Å². The standard InChI is InChI=1S/C16H14ClNOS/c17-13-5-3-4-11(8-13)12(10-19)9-16-18-14-6-1-2-7-15(14)20-16/h1-8,12,19H,9-10H2. The number of aromatic nitrogens is 1. The van der Waals surface area contributed by atoms with E-state index in [-0.39, 0.29) is 12.5 Å². The van der Waals surface area contributed by atoms with Crippen molar-refractivity contribution in [2.45, 2.75) is 12.3 Å². The Bertz CT molecular complexity index is 692. The zero-order valence-electron chi connectivity index (χ0n) is 10.8. The molecule has 1 heterocycles. The first kappa shape index (κ1) is 13.6. The normalized spacial score (nSPS) is 12.7. The van der Waals surface area contributed by atoms with Crippen LogP contribution in [0, 0.1) is 0 Å². The zero-order valence-corrected chi connectivity index (χ0v) is 12.4. The Kier molecular flexibility index (Phi) is 4.01. The molecule has 0 aliphatic carbocycles. The highest BCUT2D eigenvalue weighted by Gasteiger charge is 2.14. The summed E-state index contributed by atoms with van der Waals surface area (Å²) in [6.07, 6.45) is 0.732. The van der Waals surface area contributed by atoms with Crippen molar-refractivity contribution in [2.75, 3.05) is 6.61 Å². The van der Waals surface area contributed by atoms with E-state index in [9.17, 15) is 5.11 Å². The van der Waals surface area contributed by atoms with Crippen LogP contribution < -0.4 is 0 Å². The van der Waals surface area contributed by atoms with Gasteiger partial charge >= 0.3 is 0 Å². The van der Waals surface area contributed by atoms with Gasteiger partial charge in [0.25, 0.3) is 0 Å². The van der Waals surface area contributed by atoms with Gasteiger partial charge in [0.1, 0.15) is 0 Å². The average Bonchev–Trinajstić information content (AvgIpc) is 2.87. The van der Waals surface area contributed by atoms with Crippen LogP contribution in [0.2, 0.25) is 5.02 Å². The van der Waals surface area contributed by atoms with Crippen molar-refractivity contribution in [2.24, 2.45) is 0 Å². The predicted octanol–water partition coefficient (Wildman–Crippen LogP) is 4.27. The van der Waals surface area contributed by atoms with E-state index < -0.39 is 0 Å². The van der Waals surface area contributed by atoms with Crippen LogP contribution in [0.15, 0.2) is 48.5 Å². The Hall–Kier alpha value is -1.42. The van der Waals surface area contributed by atoms with Gasteiger partial charge in [0.2, 0.25) is 0 Å². The second-order valence-electron chi connectivity index (χ2n) is 4.71. The van der Waals surface area contributed by atoms with Crippen molar-refractivity contribution in [1.82, 2.24) is 4.98 Å².